The maximum Gasteiger partial charge on any atom is 0.415 e. The second-order valence-corrected chi connectivity index (χ2v) is 3.15. The van der Waals surface area contributed by atoms with Crippen molar-refractivity contribution < 1.29 is 27.8 Å². The largest absolute Gasteiger partial charge is 0.469 e. The number of hydrogen-bond donors (Lipinski definition) is 2. The van der Waals surface area contributed by atoms with Crippen LogP contribution in [0.1, 0.15) is 13.3 Å². The van der Waals surface area contributed by atoms with Gasteiger partial charge in [-0.1, -0.05) is 0 Å². The lowest BCUT2D eigenvalue weighted by molar-refractivity contribution is -0.202. The van der Waals surface area contributed by atoms with Gasteiger partial charge in [0.05, 0.1) is 13.5 Å². The van der Waals surface area contributed by atoms with Gasteiger partial charge in [0.1, 0.15) is 0 Å². The van der Waals surface area contributed by atoms with Gasteiger partial charge in [-0.15, -0.1) is 0 Å². The highest BCUT2D eigenvalue weighted by molar-refractivity contribution is 5.69. The summed E-state index contributed by atoms with van der Waals surface area (Å²) in [5.41, 5.74) is 0. The van der Waals surface area contributed by atoms with E-state index in [0.717, 1.165) is 0 Å². The van der Waals surface area contributed by atoms with Crippen LogP contribution in [-0.2, 0) is 9.53 Å². The molecule has 0 aromatic carbocycles. The molecule has 0 saturated carbocycles. The molecule has 0 radical (unpaired) electrons. The first kappa shape index (κ1) is 14.2. The van der Waals surface area contributed by atoms with Crippen LogP contribution >= 0.6 is 0 Å². The van der Waals surface area contributed by atoms with Crippen molar-refractivity contribution in [2.24, 2.45) is 0 Å². The van der Waals surface area contributed by atoms with E-state index in [-0.39, 0.29) is 6.42 Å². The third-order valence-electron chi connectivity index (χ3n) is 1.74. The molecule has 0 aliphatic carbocycles. The first-order valence-electron chi connectivity index (χ1n) is 4.32. The normalized spacial score (nSPS) is 15.9. The molecule has 0 spiro atoms. The van der Waals surface area contributed by atoms with E-state index in [9.17, 15) is 18.0 Å². The second kappa shape index (κ2) is 5.92. The van der Waals surface area contributed by atoms with Gasteiger partial charge in [-0.25, -0.2) is 0 Å². The Hall–Kier alpha value is -0.820. The number of alkyl halides is 3. The summed E-state index contributed by atoms with van der Waals surface area (Å²) in [6, 6.07) is -0.477. The van der Waals surface area contributed by atoms with Crippen LogP contribution in [0.3, 0.4) is 0 Å². The molecular formula is C8H14F3NO3. The van der Waals surface area contributed by atoms with Crippen LogP contribution in [0.15, 0.2) is 0 Å². The van der Waals surface area contributed by atoms with E-state index in [4.69, 9.17) is 5.11 Å². The van der Waals surface area contributed by atoms with Gasteiger partial charge in [0.2, 0.25) is 0 Å². The van der Waals surface area contributed by atoms with Gasteiger partial charge in [0, 0.05) is 12.6 Å². The van der Waals surface area contributed by atoms with E-state index in [1.807, 2.05) is 0 Å². The first-order chi connectivity index (χ1) is 6.77. The number of aliphatic hydroxyl groups is 1. The Balaban J connectivity index is 3.81. The summed E-state index contributed by atoms with van der Waals surface area (Å²) in [7, 11) is 1.19. The molecule has 0 aromatic heterocycles. The molecule has 0 rings (SSSR count). The van der Waals surface area contributed by atoms with Gasteiger partial charge in [-0.2, -0.15) is 13.2 Å². The summed E-state index contributed by atoms with van der Waals surface area (Å²) in [4.78, 5) is 10.7. The number of methoxy groups -OCH3 is 1. The monoisotopic (exact) mass is 229 g/mol. The van der Waals surface area contributed by atoms with Gasteiger partial charge < -0.3 is 15.2 Å². The minimum Gasteiger partial charge on any atom is -0.469 e. The molecule has 15 heavy (non-hydrogen) atoms. The molecule has 0 aliphatic heterocycles. The highest BCUT2D eigenvalue weighted by atomic mass is 19.4. The SMILES string of the molecule is COC(=O)CC(C)NCC(O)C(F)(F)F. The lowest BCUT2D eigenvalue weighted by Gasteiger charge is -2.18. The second-order valence-electron chi connectivity index (χ2n) is 3.15. The third-order valence-corrected chi connectivity index (χ3v) is 1.74. The van der Waals surface area contributed by atoms with Gasteiger partial charge in [0.15, 0.2) is 6.10 Å². The molecule has 2 atom stereocenters. The van der Waals surface area contributed by atoms with E-state index in [1.54, 1.807) is 0 Å². The maximum absolute atomic E-state index is 11.8. The lowest BCUT2D eigenvalue weighted by Crippen LogP contribution is -2.42. The van der Waals surface area contributed by atoms with E-state index >= 15 is 0 Å². The first-order valence-corrected chi connectivity index (χ1v) is 4.32. The fourth-order valence-corrected chi connectivity index (χ4v) is 0.834. The Morgan fingerprint density at radius 2 is 2.07 bits per heavy atom. The number of carbonyl (C=O) groups excluding carboxylic acids is 1. The number of ether oxygens (including phenoxy) is 1. The Morgan fingerprint density at radius 1 is 1.53 bits per heavy atom. The molecule has 0 amide bonds. The Bertz CT molecular complexity index is 208. The quantitative estimate of drug-likeness (QED) is 0.672. The Kier molecular flexibility index (Phi) is 5.59. The zero-order chi connectivity index (χ0) is 12.1. The predicted octanol–water partition coefficient (Wildman–Crippen LogP) is 0.451. The smallest absolute Gasteiger partial charge is 0.415 e. The van der Waals surface area contributed by atoms with Crippen LogP contribution in [-0.4, -0.2) is 43.1 Å². The van der Waals surface area contributed by atoms with Gasteiger partial charge in [0.25, 0.3) is 0 Å². The van der Waals surface area contributed by atoms with Crippen molar-refractivity contribution in [3.05, 3.63) is 0 Å². The molecule has 2 N–H and O–H groups in total. The Labute approximate surface area is 85.4 Å². The molecule has 0 bridgehead atoms. The number of esters is 1. The summed E-state index contributed by atoms with van der Waals surface area (Å²) < 4.78 is 39.9. The predicted molar refractivity (Wildman–Crippen MR) is 46.2 cm³/mol. The molecule has 0 fully saturated rings. The van der Waals surface area contributed by atoms with Gasteiger partial charge in [-0.3, -0.25) is 4.79 Å². The fraction of sp³-hybridized carbons (Fsp3) is 0.875. The van der Waals surface area contributed by atoms with Crippen LogP contribution in [0.5, 0.6) is 0 Å². The average molecular weight is 229 g/mol. The molecule has 7 heteroatoms. The van der Waals surface area contributed by atoms with Crippen LogP contribution in [0.25, 0.3) is 0 Å². The highest BCUT2D eigenvalue weighted by Crippen LogP contribution is 2.19. The topological polar surface area (TPSA) is 58.6 Å². The minimum absolute atomic E-state index is 0.0406. The number of hydrogen-bond acceptors (Lipinski definition) is 4. The number of rotatable bonds is 5. The van der Waals surface area contributed by atoms with E-state index in [1.165, 1.54) is 14.0 Å². The summed E-state index contributed by atoms with van der Waals surface area (Å²) >= 11 is 0. The fourth-order valence-electron chi connectivity index (χ4n) is 0.834. The molecular weight excluding hydrogens is 215 g/mol. The molecule has 0 aliphatic rings. The minimum atomic E-state index is -4.64. The molecule has 90 valence electrons. The van der Waals surface area contributed by atoms with Gasteiger partial charge in [-0.05, 0) is 6.92 Å². The number of aliphatic hydroxyl groups excluding tert-OH is 1. The summed E-state index contributed by atoms with van der Waals surface area (Å²) in [5.74, 6) is -0.517. The van der Waals surface area contributed by atoms with Crippen molar-refractivity contribution >= 4 is 5.97 Å². The standard InChI is InChI=1S/C8H14F3NO3/c1-5(3-7(14)15-2)12-4-6(13)8(9,10)11/h5-6,12-13H,3-4H2,1-2H3. The van der Waals surface area contributed by atoms with Crippen molar-refractivity contribution in [3.8, 4) is 0 Å². The number of carbonyl (C=O) groups is 1. The zero-order valence-corrected chi connectivity index (χ0v) is 8.47. The van der Waals surface area contributed by atoms with Crippen molar-refractivity contribution in [3.63, 3.8) is 0 Å². The lowest BCUT2D eigenvalue weighted by atomic mass is 10.2. The molecule has 2 unspecified atom stereocenters. The van der Waals surface area contributed by atoms with Crippen LogP contribution in [0, 0.1) is 0 Å². The van der Waals surface area contributed by atoms with E-state index < -0.39 is 30.8 Å². The van der Waals surface area contributed by atoms with Crippen molar-refractivity contribution in [1.82, 2.24) is 5.32 Å². The molecule has 0 saturated heterocycles. The van der Waals surface area contributed by atoms with Crippen LogP contribution < -0.4 is 5.32 Å². The van der Waals surface area contributed by atoms with E-state index in [2.05, 4.69) is 10.1 Å². The van der Waals surface area contributed by atoms with Crippen molar-refractivity contribution in [1.29, 1.82) is 0 Å². The molecule has 0 heterocycles. The van der Waals surface area contributed by atoms with Gasteiger partial charge >= 0.3 is 12.1 Å². The Morgan fingerprint density at radius 3 is 2.47 bits per heavy atom. The number of halogens is 3. The summed E-state index contributed by atoms with van der Waals surface area (Å²) in [6.07, 6.45) is -7.10. The van der Waals surface area contributed by atoms with E-state index in [0.29, 0.717) is 0 Å². The number of nitrogens with one attached hydrogen (secondary N) is 1. The third kappa shape index (κ3) is 6.29. The van der Waals surface area contributed by atoms with Crippen molar-refractivity contribution in [2.75, 3.05) is 13.7 Å². The molecule has 0 aromatic rings. The van der Waals surface area contributed by atoms with Crippen LogP contribution in [0.2, 0.25) is 0 Å². The summed E-state index contributed by atoms with van der Waals surface area (Å²) in [5, 5.41) is 11.0. The van der Waals surface area contributed by atoms with Crippen LogP contribution in [0.4, 0.5) is 13.2 Å². The zero-order valence-electron chi connectivity index (χ0n) is 8.47. The molecule has 4 nitrogen and oxygen atoms in total. The highest BCUT2D eigenvalue weighted by Gasteiger charge is 2.37. The average Bonchev–Trinajstić information content (AvgIpc) is 2.12. The summed E-state index contributed by atoms with van der Waals surface area (Å²) in [6.45, 7) is 0.891. The maximum atomic E-state index is 11.8. The van der Waals surface area contributed by atoms with Crippen molar-refractivity contribution in [2.45, 2.75) is 31.7 Å².